The monoisotopic (exact) mass is 316 g/mol. The van der Waals surface area contributed by atoms with Gasteiger partial charge in [0.15, 0.2) is 0 Å². The van der Waals surface area contributed by atoms with E-state index in [4.69, 9.17) is 0 Å². The minimum Gasteiger partial charge on any atom is -0.339 e. The Kier molecular flexibility index (Phi) is 4.47. The van der Waals surface area contributed by atoms with Crippen molar-refractivity contribution >= 4 is 5.91 Å². The lowest BCUT2D eigenvalue weighted by Crippen LogP contribution is -2.51. The first-order valence-electron chi connectivity index (χ1n) is 8.05. The molecule has 1 aliphatic heterocycles. The van der Waals surface area contributed by atoms with E-state index in [0.29, 0.717) is 13.0 Å². The summed E-state index contributed by atoms with van der Waals surface area (Å²) in [7, 11) is 3.87. The van der Waals surface area contributed by atoms with Gasteiger partial charge in [-0.1, -0.05) is 6.92 Å². The smallest absolute Gasteiger partial charge is 0.227 e. The van der Waals surface area contributed by atoms with Crippen molar-refractivity contribution < 1.29 is 4.79 Å². The van der Waals surface area contributed by atoms with Crippen LogP contribution in [0.15, 0.2) is 24.8 Å². The number of hydrogen-bond donors (Lipinski definition) is 0. The molecule has 7 nitrogen and oxygen atoms in total. The van der Waals surface area contributed by atoms with Crippen LogP contribution in [-0.2, 0) is 25.3 Å². The van der Waals surface area contributed by atoms with E-state index in [1.165, 1.54) is 0 Å². The number of aromatic nitrogens is 4. The van der Waals surface area contributed by atoms with Crippen LogP contribution in [0.5, 0.6) is 0 Å². The molecular weight excluding hydrogens is 292 g/mol. The van der Waals surface area contributed by atoms with Crippen LogP contribution in [0.2, 0.25) is 0 Å². The molecule has 0 saturated carbocycles. The summed E-state index contributed by atoms with van der Waals surface area (Å²) in [4.78, 5) is 21.4. The van der Waals surface area contributed by atoms with Gasteiger partial charge in [-0.05, 0) is 12.1 Å². The van der Waals surface area contributed by atoms with E-state index in [-0.39, 0.29) is 11.9 Å². The van der Waals surface area contributed by atoms with Crippen LogP contribution in [0.25, 0.3) is 0 Å². The average Bonchev–Trinajstić information content (AvgIpc) is 3.15. The number of carbonyl (C=O) groups excluding carboxylic acids is 1. The first-order chi connectivity index (χ1) is 11.1. The molecular formula is C16H24N6O. The molecule has 1 unspecified atom stereocenters. The average molecular weight is 316 g/mol. The molecule has 0 spiro atoms. The molecule has 2 aromatic heterocycles. The second kappa shape index (κ2) is 6.54. The molecule has 1 saturated heterocycles. The molecule has 0 aromatic carbocycles. The Bertz CT molecular complexity index is 676. The topological polar surface area (TPSA) is 59.2 Å². The number of piperazine rings is 1. The second-order valence-corrected chi connectivity index (χ2v) is 6.08. The van der Waals surface area contributed by atoms with Crippen LogP contribution >= 0.6 is 0 Å². The fourth-order valence-electron chi connectivity index (χ4n) is 3.22. The summed E-state index contributed by atoms with van der Waals surface area (Å²) in [5.41, 5.74) is 0.962. The molecule has 1 fully saturated rings. The highest BCUT2D eigenvalue weighted by atomic mass is 16.2. The van der Waals surface area contributed by atoms with Gasteiger partial charge in [0.1, 0.15) is 5.82 Å². The molecule has 124 valence electrons. The van der Waals surface area contributed by atoms with Crippen molar-refractivity contribution in [3.8, 4) is 0 Å². The number of imidazole rings is 1. The molecule has 1 amide bonds. The van der Waals surface area contributed by atoms with E-state index in [9.17, 15) is 4.79 Å². The summed E-state index contributed by atoms with van der Waals surface area (Å²) in [6.45, 7) is 5.46. The number of amides is 1. The Balaban J connectivity index is 1.72. The zero-order valence-electron chi connectivity index (χ0n) is 14.0. The Labute approximate surface area is 136 Å². The quantitative estimate of drug-likeness (QED) is 0.829. The second-order valence-electron chi connectivity index (χ2n) is 6.08. The molecule has 0 bridgehead atoms. The zero-order chi connectivity index (χ0) is 16.4. The van der Waals surface area contributed by atoms with Crippen LogP contribution in [0.1, 0.15) is 24.4 Å². The van der Waals surface area contributed by atoms with E-state index in [1.54, 1.807) is 10.9 Å². The first kappa shape index (κ1) is 15.7. The van der Waals surface area contributed by atoms with Crippen LogP contribution in [0.3, 0.4) is 0 Å². The van der Waals surface area contributed by atoms with Crippen molar-refractivity contribution in [2.75, 3.05) is 26.2 Å². The van der Waals surface area contributed by atoms with Gasteiger partial charge in [0, 0.05) is 52.3 Å². The fraction of sp³-hybridized carbons (Fsp3) is 0.562. The van der Waals surface area contributed by atoms with Gasteiger partial charge in [-0.2, -0.15) is 5.10 Å². The molecule has 1 atom stereocenters. The first-order valence-corrected chi connectivity index (χ1v) is 8.05. The lowest BCUT2D eigenvalue weighted by molar-refractivity contribution is -0.133. The number of carbonyl (C=O) groups is 1. The lowest BCUT2D eigenvalue weighted by atomic mass is 10.1. The van der Waals surface area contributed by atoms with Gasteiger partial charge in [-0.15, -0.1) is 0 Å². The maximum atomic E-state index is 12.6. The summed E-state index contributed by atoms with van der Waals surface area (Å²) in [5.74, 6) is 1.18. The maximum Gasteiger partial charge on any atom is 0.227 e. The van der Waals surface area contributed by atoms with Crippen molar-refractivity contribution in [1.82, 2.24) is 29.1 Å². The normalized spacial score (nSPS) is 19.3. The zero-order valence-corrected chi connectivity index (χ0v) is 14.0. The largest absolute Gasteiger partial charge is 0.339 e. The minimum atomic E-state index is 0.159. The molecule has 0 radical (unpaired) electrons. The molecule has 0 N–H and O–H groups in total. The van der Waals surface area contributed by atoms with Gasteiger partial charge < -0.3 is 9.47 Å². The molecule has 23 heavy (non-hydrogen) atoms. The van der Waals surface area contributed by atoms with E-state index in [2.05, 4.69) is 21.9 Å². The number of nitrogens with zero attached hydrogens (tertiary/aromatic N) is 6. The fourth-order valence-corrected chi connectivity index (χ4v) is 3.22. The van der Waals surface area contributed by atoms with Crippen LogP contribution in [0, 0.1) is 0 Å². The van der Waals surface area contributed by atoms with E-state index in [0.717, 1.165) is 31.0 Å². The van der Waals surface area contributed by atoms with Gasteiger partial charge in [0.05, 0.1) is 18.7 Å². The highest BCUT2D eigenvalue weighted by molar-refractivity contribution is 5.78. The molecule has 2 aromatic rings. The summed E-state index contributed by atoms with van der Waals surface area (Å²) in [6, 6.07) is 0.159. The standard InChI is InChI=1S/C16H24N6O/c1-4-21-7-8-22(12-14(21)16-17-5-6-19(16)2)15(23)9-13-10-18-20(3)11-13/h5-6,10-11,14H,4,7-9,12H2,1-3H3. The van der Waals surface area contributed by atoms with Crippen molar-refractivity contribution in [3.05, 3.63) is 36.2 Å². The van der Waals surface area contributed by atoms with Crippen molar-refractivity contribution in [2.45, 2.75) is 19.4 Å². The van der Waals surface area contributed by atoms with Gasteiger partial charge in [0.2, 0.25) is 5.91 Å². The number of hydrogen-bond acceptors (Lipinski definition) is 4. The Morgan fingerprint density at radius 3 is 2.78 bits per heavy atom. The van der Waals surface area contributed by atoms with Gasteiger partial charge in [-0.25, -0.2) is 4.98 Å². The van der Waals surface area contributed by atoms with Crippen molar-refractivity contribution in [3.63, 3.8) is 0 Å². The predicted molar refractivity (Wildman–Crippen MR) is 86.7 cm³/mol. The van der Waals surface area contributed by atoms with E-state index >= 15 is 0 Å². The Morgan fingerprint density at radius 2 is 2.17 bits per heavy atom. The number of likely N-dealkylation sites (N-methyl/N-ethyl adjacent to an activating group) is 1. The SMILES string of the molecule is CCN1CCN(C(=O)Cc2cnn(C)c2)CC1c1nccn1C. The molecule has 1 aliphatic rings. The van der Waals surface area contributed by atoms with Crippen LogP contribution in [0.4, 0.5) is 0 Å². The van der Waals surface area contributed by atoms with E-state index in [1.807, 2.05) is 42.2 Å². The van der Waals surface area contributed by atoms with Gasteiger partial charge >= 0.3 is 0 Å². The Morgan fingerprint density at radius 1 is 1.35 bits per heavy atom. The van der Waals surface area contributed by atoms with E-state index < -0.39 is 0 Å². The third kappa shape index (κ3) is 3.29. The van der Waals surface area contributed by atoms with Crippen molar-refractivity contribution in [2.24, 2.45) is 14.1 Å². The molecule has 0 aliphatic carbocycles. The summed E-state index contributed by atoms with van der Waals surface area (Å²) < 4.78 is 3.77. The van der Waals surface area contributed by atoms with Crippen LogP contribution in [-0.4, -0.2) is 61.2 Å². The molecule has 3 rings (SSSR count). The summed E-state index contributed by atoms with van der Waals surface area (Å²) >= 11 is 0. The van der Waals surface area contributed by atoms with Gasteiger partial charge in [0.25, 0.3) is 0 Å². The Hall–Kier alpha value is -2.15. The maximum absolute atomic E-state index is 12.6. The summed E-state index contributed by atoms with van der Waals surface area (Å²) in [6.07, 6.45) is 7.85. The highest BCUT2D eigenvalue weighted by Gasteiger charge is 2.31. The lowest BCUT2D eigenvalue weighted by Gasteiger charge is -2.40. The molecule has 7 heteroatoms. The van der Waals surface area contributed by atoms with Crippen molar-refractivity contribution in [1.29, 1.82) is 0 Å². The number of aryl methyl sites for hydroxylation is 2. The third-order valence-corrected chi connectivity index (χ3v) is 4.52. The highest BCUT2D eigenvalue weighted by Crippen LogP contribution is 2.24. The van der Waals surface area contributed by atoms with Gasteiger partial charge in [-0.3, -0.25) is 14.4 Å². The minimum absolute atomic E-state index is 0.159. The molecule has 3 heterocycles. The third-order valence-electron chi connectivity index (χ3n) is 4.52. The summed E-state index contributed by atoms with van der Waals surface area (Å²) in [5, 5.41) is 4.13. The predicted octanol–water partition coefficient (Wildman–Crippen LogP) is 0.602. The van der Waals surface area contributed by atoms with Crippen LogP contribution < -0.4 is 0 Å². The number of rotatable bonds is 4.